The zero-order chi connectivity index (χ0) is 18.2. The molecule has 2 rings (SSSR count). The van der Waals surface area contributed by atoms with E-state index < -0.39 is 5.97 Å². The van der Waals surface area contributed by atoms with Crippen molar-refractivity contribution in [2.24, 2.45) is 0 Å². The van der Waals surface area contributed by atoms with Gasteiger partial charge in [0.2, 0.25) is 11.0 Å². The van der Waals surface area contributed by atoms with Gasteiger partial charge in [0.25, 0.3) is 0 Å². The van der Waals surface area contributed by atoms with Crippen LogP contribution in [0.15, 0.2) is 24.3 Å². The average Bonchev–Trinajstić information content (AvgIpc) is 2.98. The number of hydrogen-bond donors (Lipinski definition) is 1. The molecule has 0 aliphatic rings. The molecule has 0 bridgehead atoms. The first-order valence-electron chi connectivity index (χ1n) is 7.48. The number of aryl methyl sites for hydroxylation is 1. The molecule has 132 valence electrons. The molecule has 0 saturated heterocycles. The van der Waals surface area contributed by atoms with E-state index >= 15 is 0 Å². The molecule has 0 aliphatic heterocycles. The number of ketones is 1. The molecular formula is C16H16ClN3O4S. The van der Waals surface area contributed by atoms with E-state index in [1.165, 1.54) is 11.3 Å². The van der Waals surface area contributed by atoms with Gasteiger partial charge in [-0.25, -0.2) is 0 Å². The van der Waals surface area contributed by atoms with Gasteiger partial charge in [-0.05, 0) is 37.6 Å². The summed E-state index contributed by atoms with van der Waals surface area (Å²) in [6.45, 7) is 1.45. The van der Waals surface area contributed by atoms with Crippen molar-refractivity contribution < 1.29 is 19.1 Å². The summed E-state index contributed by atoms with van der Waals surface area (Å²) in [5.74, 6) is -1.09. The molecule has 2 aromatic rings. The Hall–Kier alpha value is -2.32. The van der Waals surface area contributed by atoms with Crippen molar-refractivity contribution in [3.05, 3.63) is 39.9 Å². The first-order valence-corrected chi connectivity index (χ1v) is 8.68. The monoisotopic (exact) mass is 381 g/mol. The summed E-state index contributed by atoms with van der Waals surface area (Å²) in [7, 11) is 0. The highest BCUT2D eigenvalue weighted by Gasteiger charge is 2.11. The second-order valence-electron chi connectivity index (χ2n) is 5.12. The lowest BCUT2D eigenvalue weighted by atomic mass is 10.1. The van der Waals surface area contributed by atoms with E-state index in [1.807, 2.05) is 0 Å². The molecule has 1 N–H and O–H groups in total. The first-order chi connectivity index (χ1) is 11.9. The third kappa shape index (κ3) is 6.60. The third-order valence-electron chi connectivity index (χ3n) is 3.09. The molecule has 25 heavy (non-hydrogen) atoms. The minimum atomic E-state index is -0.526. The van der Waals surface area contributed by atoms with Gasteiger partial charge < -0.3 is 10.1 Å². The van der Waals surface area contributed by atoms with Crippen molar-refractivity contribution in [1.29, 1.82) is 0 Å². The van der Waals surface area contributed by atoms with Crippen LogP contribution in [0.4, 0.5) is 5.13 Å². The van der Waals surface area contributed by atoms with Gasteiger partial charge in [-0.15, -0.1) is 10.2 Å². The summed E-state index contributed by atoms with van der Waals surface area (Å²) in [5.41, 5.74) is 0.420. The van der Waals surface area contributed by atoms with Gasteiger partial charge in [0.1, 0.15) is 5.01 Å². The minimum Gasteiger partial charge on any atom is -0.457 e. The van der Waals surface area contributed by atoms with Crippen LogP contribution in [0.25, 0.3) is 0 Å². The first kappa shape index (κ1) is 19.0. The summed E-state index contributed by atoms with van der Waals surface area (Å²) in [6.07, 6.45) is 0.521. The van der Waals surface area contributed by atoms with Gasteiger partial charge in [0.15, 0.2) is 12.4 Å². The van der Waals surface area contributed by atoms with Crippen LogP contribution in [-0.4, -0.2) is 34.5 Å². The molecule has 0 saturated carbocycles. The van der Waals surface area contributed by atoms with Crippen LogP contribution >= 0.6 is 22.9 Å². The minimum absolute atomic E-state index is 0.0520. The van der Waals surface area contributed by atoms with Crippen LogP contribution in [0.3, 0.4) is 0 Å². The van der Waals surface area contributed by atoms with Gasteiger partial charge in [-0.3, -0.25) is 14.4 Å². The number of anilines is 1. The van der Waals surface area contributed by atoms with E-state index in [2.05, 4.69) is 15.5 Å². The number of rotatable bonds is 8. The maximum Gasteiger partial charge on any atom is 0.306 e. The molecule has 1 aromatic heterocycles. The molecule has 0 radical (unpaired) electrons. The fraction of sp³-hybridized carbons (Fsp3) is 0.312. The molecule has 1 amide bonds. The Morgan fingerprint density at radius 1 is 1.16 bits per heavy atom. The third-order valence-corrected chi connectivity index (χ3v) is 4.09. The fourth-order valence-corrected chi connectivity index (χ4v) is 2.59. The molecule has 1 heterocycles. The number of halogens is 1. The molecule has 7 nitrogen and oxygen atoms in total. The van der Waals surface area contributed by atoms with Crippen LogP contribution < -0.4 is 5.32 Å². The van der Waals surface area contributed by atoms with Crippen LogP contribution in [-0.2, 0) is 14.3 Å². The predicted molar refractivity (Wildman–Crippen MR) is 93.9 cm³/mol. The maximum absolute atomic E-state index is 11.9. The summed E-state index contributed by atoms with van der Waals surface area (Å²) in [6, 6.07) is 6.32. The number of benzene rings is 1. The van der Waals surface area contributed by atoms with E-state index in [4.69, 9.17) is 16.3 Å². The zero-order valence-corrected chi connectivity index (χ0v) is 15.0. The summed E-state index contributed by atoms with van der Waals surface area (Å²) in [5, 5.41) is 11.9. The number of esters is 1. The molecule has 0 aliphatic carbocycles. The van der Waals surface area contributed by atoms with E-state index in [0.717, 1.165) is 5.01 Å². The number of aromatic nitrogens is 2. The highest BCUT2D eigenvalue weighted by molar-refractivity contribution is 7.15. The molecule has 0 fully saturated rings. The van der Waals surface area contributed by atoms with Gasteiger partial charge in [0.05, 0.1) is 0 Å². The Morgan fingerprint density at radius 3 is 2.52 bits per heavy atom. The quantitative estimate of drug-likeness (QED) is 0.557. The summed E-state index contributed by atoms with van der Waals surface area (Å²) in [4.78, 5) is 35.2. The molecular weight excluding hydrogens is 366 g/mol. The normalized spacial score (nSPS) is 10.3. The highest BCUT2D eigenvalue weighted by Crippen LogP contribution is 2.14. The van der Waals surface area contributed by atoms with Crippen LogP contribution in [0, 0.1) is 6.92 Å². The van der Waals surface area contributed by atoms with Gasteiger partial charge >= 0.3 is 5.97 Å². The number of nitrogens with zero attached hydrogens (tertiary/aromatic N) is 2. The predicted octanol–water partition coefficient (Wildman–Crippen LogP) is 3.03. The Morgan fingerprint density at radius 2 is 1.88 bits per heavy atom. The Balaban J connectivity index is 1.64. The number of Topliss-reactive ketones (excluding diaryl/α,β-unsaturated/α-hetero) is 1. The van der Waals surface area contributed by atoms with E-state index in [9.17, 15) is 14.4 Å². The standard InChI is InChI=1S/C16H16ClN3O4S/c1-10-19-20-16(25-10)18-14(22)3-2-4-15(23)24-9-13(21)11-5-7-12(17)8-6-11/h5-8H,2-4,9H2,1H3,(H,18,20,22). The molecule has 1 aromatic carbocycles. The van der Waals surface area contributed by atoms with Crippen LogP contribution in [0.5, 0.6) is 0 Å². The summed E-state index contributed by atoms with van der Waals surface area (Å²) >= 11 is 7.02. The van der Waals surface area contributed by atoms with Crippen LogP contribution in [0.2, 0.25) is 5.02 Å². The number of hydrogen-bond acceptors (Lipinski definition) is 7. The fourth-order valence-electron chi connectivity index (χ4n) is 1.86. The molecule has 0 spiro atoms. The van der Waals surface area contributed by atoms with Crippen molar-refractivity contribution in [2.45, 2.75) is 26.2 Å². The number of amides is 1. The van der Waals surface area contributed by atoms with Crippen LogP contribution in [0.1, 0.15) is 34.6 Å². The number of ether oxygens (including phenoxy) is 1. The Bertz CT molecular complexity index is 761. The number of carbonyl (C=O) groups is 3. The maximum atomic E-state index is 11.9. The van der Waals surface area contributed by atoms with Crippen molar-refractivity contribution in [3.8, 4) is 0 Å². The topological polar surface area (TPSA) is 98.2 Å². The second-order valence-corrected chi connectivity index (χ2v) is 6.74. The SMILES string of the molecule is Cc1nnc(NC(=O)CCCC(=O)OCC(=O)c2ccc(Cl)cc2)s1. The van der Waals surface area contributed by atoms with Crippen molar-refractivity contribution in [3.63, 3.8) is 0 Å². The summed E-state index contributed by atoms with van der Waals surface area (Å²) < 4.78 is 4.92. The Kier molecular flexibility index (Phi) is 7.03. The largest absolute Gasteiger partial charge is 0.457 e. The van der Waals surface area contributed by atoms with E-state index in [0.29, 0.717) is 22.1 Å². The van der Waals surface area contributed by atoms with Gasteiger partial charge in [-0.1, -0.05) is 22.9 Å². The molecule has 9 heteroatoms. The smallest absolute Gasteiger partial charge is 0.306 e. The lowest BCUT2D eigenvalue weighted by molar-refractivity contribution is -0.142. The lowest BCUT2D eigenvalue weighted by Crippen LogP contribution is -2.15. The van der Waals surface area contributed by atoms with E-state index in [1.54, 1.807) is 31.2 Å². The lowest BCUT2D eigenvalue weighted by Gasteiger charge is -2.05. The Labute approximate surface area is 153 Å². The van der Waals surface area contributed by atoms with Crippen molar-refractivity contribution in [2.75, 3.05) is 11.9 Å². The van der Waals surface area contributed by atoms with E-state index in [-0.39, 0.29) is 31.1 Å². The second kappa shape index (κ2) is 9.24. The van der Waals surface area contributed by atoms with Crippen molar-refractivity contribution >= 4 is 45.7 Å². The number of carbonyl (C=O) groups excluding carboxylic acids is 3. The highest BCUT2D eigenvalue weighted by atomic mass is 35.5. The molecule has 0 atom stereocenters. The van der Waals surface area contributed by atoms with Gasteiger partial charge in [-0.2, -0.15) is 0 Å². The van der Waals surface area contributed by atoms with Gasteiger partial charge in [0, 0.05) is 23.4 Å². The zero-order valence-electron chi connectivity index (χ0n) is 13.5. The average molecular weight is 382 g/mol. The molecule has 0 unspecified atom stereocenters. The number of nitrogens with one attached hydrogen (secondary N) is 1. The van der Waals surface area contributed by atoms with Crippen molar-refractivity contribution in [1.82, 2.24) is 10.2 Å².